The van der Waals surface area contributed by atoms with Gasteiger partial charge in [-0.2, -0.15) is 8.78 Å². The zero-order chi connectivity index (χ0) is 17.9. The highest BCUT2D eigenvalue weighted by Crippen LogP contribution is 2.28. The molecule has 6 nitrogen and oxygen atoms in total. The topological polar surface area (TPSA) is 74.0 Å². The number of nitro groups is 1. The number of rotatable bonds is 6. The van der Waals surface area contributed by atoms with Gasteiger partial charge in [-0.3, -0.25) is 10.1 Å². The number of nitro benzene ring substituents is 1. The van der Waals surface area contributed by atoms with E-state index in [0.717, 1.165) is 29.8 Å². The van der Waals surface area contributed by atoms with Gasteiger partial charge in [0, 0.05) is 12.1 Å². The summed E-state index contributed by atoms with van der Waals surface area (Å²) >= 11 is 0. The highest BCUT2D eigenvalue weighted by Gasteiger charge is 2.45. The Bertz CT molecular complexity index is 779. The average molecular weight is 348 g/mol. The lowest BCUT2D eigenvalue weighted by Gasteiger charge is -2.16. The molecule has 1 aliphatic rings. The molecule has 0 bridgehead atoms. The lowest BCUT2D eigenvalue weighted by atomic mass is 10.1. The van der Waals surface area contributed by atoms with Crippen molar-refractivity contribution in [2.75, 3.05) is 6.61 Å². The summed E-state index contributed by atoms with van der Waals surface area (Å²) in [5.74, 6) is -1.000. The number of hydrogen-bond donors (Lipinski definition) is 0. The molecule has 25 heavy (non-hydrogen) atoms. The van der Waals surface area contributed by atoms with Crippen molar-refractivity contribution in [2.24, 2.45) is 4.99 Å². The summed E-state index contributed by atoms with van der Waals surface area (Å²) in [4.78, 5) is 13.9. The van der Waals surface area contributed by atoms with Crippen molar-refractivity contribution in [3.05, 3.63) is 70.3 Å². The summed E-state index contributed by atoms with van der Waals surface area (Å²) < 4.78 is 38.0. The lowest BCUT2D eigenvalue weighted by Crippen LogP contribution is -2.35. The van der Waals surface area contributed by atoms with Gasteiger partial charge in [0.15, 0.2) is 0 Å². The zero-order valence-electron chi connectivity index (χ0n) is 13.0. The maximum Gasteiger partial charge on any atom is 0.479 e. The first kappa shape index (κ1) is 16.8. The summed E-state index contributed by atoms with van der Waals surface area (Å²) in [5, 5.41) is 10.6. The fourth-order valence-electron chi connectivity index (χ4n) is 2.39. The van der Waals surface area contributed by atoms with E-state index in [9.17, 15) is 18.9 Å². The Morgan fingerprint density at radius 3 is 2.52 bits per heavy atom. The van der Waals surface area contributed by atoms with Gasteiger partial charge in [-0.25, -0.2) is 4.99 Å². The summed E-state index contributed by atoms with van der Waals surface area (Å²) in [5.41, 5.74) is 0.758. The summed E-state index contributed by atoms with van der Waals surface area (Å²) in [6.45, 7) is 0.0451. The monoisotopic (exact) mass is 348 g/mol. The molecule has 0 saturated heterocycles. The van der Waals surface area contributed by atoms with Crippen molar-refractivity contribution < 1.29 is 23.2 Å². The molecule has 0 spiro atoms. The molecule has 0 aliphatic carbocycles. The molecule has 0 saturated carbocycles. The van der Waals surface area contributed by atoms with Crippen LogP contribution < -0.4 is 4.74 Å². The fraction of sp³-hybridized carbons (Fsp3) is 0.235. The minimum absolute atomic E-state index is 0.0451. The van der Waals surface area contributed by atoms with Crippen molar-refractivity contribution in [3.63, 3.8) is 0 Å². The first-order valence-electron chi connectivity index (χ1n) is 7.50. The third-order valence-corrected chi connectivity index (χ3v) is 3.57. The van der Waals surface area contributed by atoms with E-state index in [0.29, 0.717) is 6.42 Å². The van der Waals surface area contributed by atoms with Gasteiger partial charge >= 0.3 is 12.0 Å². The second-order valence-corrected chi connectivity index (χ2v) is 5.46. The summed E-state index contributed by atoms with van der Waals surface area (Å²) in [7, 11) is 0. The summed E-state index contributed by atoms with van der Waals surface area (Å²) in [6, 6.07) is 13.3. The molecular weight excluding hydrogens is 334 g/mol. The molecule has 8 heteroatoms. The normalized spacial score (nSPS) is 16.9. The predicted molar refractivity (Wildman–Crippen MR) is 86.0 cm³/mol. The van der Waals surface area contributed by atoms with Gasteiger partial charge in [0.2, 0.25) is 0 Å². The number of halogens is 2. The molecule has 130 valence electrons. The van der Waals surface area contributed by atoms with E-state index in [4.69, 9.17) is 4.74 Å². The van der Waals surface area contributed by atoms with E-state index in [1.165, 1.54) is 0 Å². The van der Waals surface area contributed by atoms with Gasteiger partial charge in [0.25, 0.3) is 5.69 Å². The van der Waals surface area contributed by atoms with Gasteiger partial charge in [-0.1, -0.05) is 30.3 Å². The molecule has 0 fully saturated rings. The molecule has 3 rings (SSSR count). The molecule has 2 aromatic rings. The lowest BCUT2D eigenvalue weighted by molar-refractivity contribution is -0.384. The van der Waals surface area contributed by atoms with Crippen LogP contribution in [-0.2, 0) is 11.2 Å². The molecule has 0 aromatic heterocycles. The largest absolute Gasteiger partial charge is 0.479 e. The van der Waals surface area contributed by atoms with Gasteiger partial charge < -0.3 is 9.47 Å². The fourth-order valence-corrected chi connectivity index (χ4v) is 2.39. The average Bonchev–Trinajstić information content (AvgIpc) is 3.05. The van der Waals surface area contributed by atoms with Crippen LogP contribution in [0.3, 0.4) is 0 Å². The van der Waals surface area contributed by atoms with E-state index in [1.54, 1.807) is 0 Å². The van der Waals surface area contributed by atoms with Crippen LogP contribution >= 0.6 is 0 Å². The Balaban J connectivity index is 1.67. The zero-order valence-corrected chi connectivity index (χ0v) is 13.0. The Morgan fingerprint density at radius 1 is 1.20 bits per heavy atom. The molecule has 0 N–H and O–H groups in total. The SMILES string of the molecule is O=[N+]([O-])c1ccc(OC(F)(F)C2=N[C@@H](Cc3ccccc3)CO2)cc1. The van der Waals surface area contributed by atoms with Gasteiger partial charge in [0.05, 0.1) is 11.0 Å². The molecule has 0 unspecified atom stereocenters. The standard InChI is InChI=1S/C17H14F2N2O4/c18-17(19,25-15-8-6-14(7-9-15)21(22)23)16-20-13(11-24-16)10-12-4-2-1-3-5-12/h1-9,13H,10-11H2/t13-/m0/s1. The second kappa shape index (κ2) is 6.84. The van der Waals surface area contributed by atoms with Gasteiger partial charge in [-0.05, 0) is 24.1 Å². The van der Waals surface area contributed by atoms with E-state index in [2.05, 4.69) is 9.73 Å². The molecule has 1 heterocycles. The minimum atomic E-state index is -3.75. The van der Waals surface area contributed by atoms with Crippen molar-refractivity contribution in [1.82, 2.24) is 0 Å². The number of ether oxygens (including phenoxy) is 2. The van der Waals surface area contributed by atoms with Crippen LogP contribution in [-0.4, -0.2) is 29.6 Å². The maximum atomic E-state index is 14.2. The summed E-state index contributed by atoms with van der Waals surface area (Å²) in [6.07, 6.45) is -3.26. The van der Waals surface area contributed by atoms with Crippen LogP contribution in [0.4, 0.5) is 14.5 Å². The molecule has 1 atom stereocenters. The van der Waals surface area contributed by atoms with E-state index in [1.807, 2.05) is 30.3 Å². The van der Waals surface area contributed by atoms with Gasteiger partial charge in [0.1, 0.15) is 12.4 Å². The van der Waals surface area contributed by atoms with Crippen LogP contribution in [0.15, 0.2) is 59.6 Å². The number of aliphatic imine (C=N–C) groups is 1. The van der Waals surface area contributed by atoms with Crippen LogP contribution in [0.25, 0.3) is 0 Å². The Kier molecular flexibility index (Phi) is 4.60. The predicted octanol–water partition coefficient (Wildman–Crippen LogP) is 3.61. The molecule has 0 radical (unpaired) electrons. The molecule has 0 amide bonds. The number of nitrogens with zero attached hydrogens (tertiary/aromatic N) is 2. The number of alkyl halides is 2. The van der Waals surface area contributed by atoms with Crippen molar-refractivity contribution in [3.8, 4) is 5.75 Å². The van der Waals surface area contributed by atoms with Crippen LogP contribution in [0.1, 0.15) is 5.56 Å². The smallest absolute Gasteiger partial charge is 0.472 e. The highest BCUT2D eigenvalue weighted by molar-refractivity contribution is 5.83. The second-order valence-electron chi connectivity index (χ2n) is 5.46. The molecular formula is C17H14F2N2O4. The third-order valence-electron chi connectivity index (χ3n) is 3.57. The van der Waals surface area contributed by atoms with E-state index >= 15 is 0 Å². The number of benzene rings is 2. The van der Waals surface area contributed by atoms with E-state index in [-0.39, 0.29) is 18.0 Å². The van der Waals surface area contributed by atoms with Crippen molar-refractivity contribution in [2.45, 2.75) is 18.6 Å². The molecule has 2 aromatic carbocycles. The first-order chi connectivity index (χ1) is 11.9. The highest BCUT2D eigenvalue weighted by atomic mass is 19.3. The number of hydrogen-bond acceptors (Lipinski definition) is 5. The number of non-ortho nitro benzene ring substituents is 1. The Hall–Kier alpha value is -3.03. The van der Waals surface area contributed by atoms with E-state index < -0.39 is 23.0 Å². The third kappa shape index (κ3) is 4.09. The molecule has 1 aliphatic heterocycles. The Labute approximate surface area is 141 Å². The van der Waals surface area contributed by atoms with Crippen LogP contribution in [0.2, 0.25) is 0 Å². The minimum Gasteiger partial charge on any atom is -0.472 e. The van der Waals surface area contributed by atoms with Crippen molar-refractivity contribution >= 4 is 11.6 Å². The maximum absolute atomic E-state index is 14.2. The van der Waals surface area contributed by atoms with Gasteiger partial charge in [-0.15, -0.1) is 0 Å². The first-order valence-corrected chi connectivity index (χ1v) is 7.50. The van der Waals surface area contributed by atoms with Crippen LogP contribution in [0.5, 0.6) is 5.75 Å². The quantitative estimate of drug-likeness (QED) is 0.590. The van der Waals surface area contributed by atoms with Crippen molar-refractivity contribution in [1.29, 1.82) is 0 Å². The Morgan fingerprint density at radius 2 is 1.88 bits per heavy atom. The van der Waals surface area contributed by atoms with Crippen LogP contribution in [0, 0.1) is 10.1 Å².